The van der Waals surface area contributed by atoms with Gasteiger partial charge in [0.25, 0.3) is 0 Å². The van der Waals surface area contributed by atoms with Crippen molar-refractivity contribution in [2.45, 2.75) is 13.3 Å². The molecule has 2 aromatic rings. The van der Waals surface area contributed by atoms with E-state index >= 15 is 0 Å². The molecule has 0 amide bonds. The Bertz CT molecular complexity index is 574. The Morgan fingerprint density at radius 2 is 2.28 bits per heavy atom. The Kier molecular flexibility index (Phi) is 3.32. The second-order valence-electron chi connectivity index (χ2n) is 3.83. The fourth-order valence-electron chi connectivity index (χ4n) is 1.61. The lowest BCUT2D eigenvalue weighted by Gasteiger charge is -2.00. The Morgan fingerprint density at radius 3 is 2.94 bits per heavy atom. The van der Waals surface area contributed by atoms with Crippen LogP contribution in [-0.4, -0.2) is 23.2 Å². The van der Waals surface area contributed by atoms with Gasteiger partial charge in [-0.05, 0) is 25.1 Å². The standard InChI is InChI=1S/C13H13NO4/c1-8-11(7-12(15)16)18-13(14-8)9-4-3-5-10(6-9)17-2/h3-6H,7H2,1-2H3,(H,15,16). The first kappa shape index (κ1) is 12.2. The highest BCUT2D eigenvalue weighted by molar-refractivity contribution is 5.70. The molecule has 1 N–H and O–H groups in total. The van der Waals surface area contributed by atoms with Crippen LogP contribution in [0.3, 0.4) is 0 Å². The maximum Gasteiger partial charge on any atom is 0.311 e. The topological polar surface area (TPSA) is 72.6 Å². The van der Waals surface area contributed by atoms with Crippen LogP contribution in [0.2, 0.25) is 0 Å². The number of carboxylic acids is 1. The van der Waals surface area contributed by atoms with Crippen LogP contribution in [-0.2, 0) is 11.2 Å². The molecule has 1 aromatic carbocycles. The third-order valence-corrected chi connectivity index (χ3v) is 2.52. The fourth-order valence-corrected chi connectivity index (χ4v) is 1.61. The lowest BCUT2D eigenvalue weighted by atomic mass is 10.2. The molecule has 5 heteroatoms. The number of aromatic nitrogens is 1. The van der Waals surface area contributed by atoms with Gasteiger partial charge in [0.15, 0.2) is 0 Å². The van der Waals surface area contributed by atoms with E-state index in [2.05, 4.69) is 4.98 Å². The van der Waals surface area contributed by atoms with E-state index in [9.17, 15) is 4.79 Å². The highest BCUT2D eigenvalue weighted by Gasteiger charge is 2.14. The van der Waals surface area contributed by atoms with Crippen LogP contribution >= 0.6 is 0 Å². The van der Waals surface area contributed by atoms with Gasteiger partial charge < -0.3 is 14.3 Å². The van der Waals surface area contributed by atoms with Crippen molar-refractivity contribution in [2.24, 2.45) is 0 Å². The van der Waals surface area contributed by atoms with Crippen molar-refractivity contribution in [1.29, 1.82) is 0 Å². The van der Waals surface area contributed by atoms with E-state index < -0.39 is 5.97 Å². The van der Waals surface area contributed by atoms with Gasteiger partial charge in [0.1, 0.15) is 17.9 Å². The number of nitrogens with zero attached hydrogens (tertiary/aromatic N) is 1. The molecule has 0 saturated carbocycles. The molecule has 1 heterocycles. The van der Waals surface area contributed by atoms with Crippen LogP contribution in [0.1, 0.15) is 11.5 Å². The molecule has 0 unspecified atom stereocenters. The molecule has 0 aliphatic carbocycles. The number of methoxy groups -OCH3 is 1. The Morgan fingerprint density at radius 1 is 1.50 bits per heavy atom. The molecule has 0 atom stereocenters. The third kappa shape index (κ3) is 2.51. The summed E-state index contributed by atoms with van der Waals surface area (Å²) < 4.78 is 10.6. The van der Waals surface area contributed by atoms with Crippen molar-refractivity contribution in [3.63, 3.8) is 0 Å². The van der Waals surface area contributed by atoms with Gasteiger partial charge in [-0.2, -0.15) is 0 Å². The zero-order valence-electron chi connectivity index (χ0n) is 10.1. The van der Waals surface area contributed by atoms with Crippen LogP contribution in [0, 0.1) is 6.92 Å². The summed E-state index contributed by atoms with van der Waals surface area (Å²) in [6.07, 6.45) is -0.164. The zero-order valence-corrected chi connectivity index (χ0v) is 10.1. The second kappa shape index (κ2) is 4.91. The molecule has 2 rings (SSSR count). The lowest BCUT2D eigenvalue weighted by Crippen LogP contribution is -1.99. The molecular formula is C13H13NO4. The molecule has 0 spiro atoms. The highest BCUT2D eigenvalue weighted by Crippen LogP contribution is 2.25. The van der Waals surface area contributed by atoms with E-state index in [0.29, 0.717) is 23.1 Å². The molecule has 0 fully saturated rings. The fraction of sp³-hybridized carbons (Fsp3) is 0.231. The molecule has 1 aromatic heterocycles. The van der Waals surface area contributed by atoms with Gasteiger partial charge in [0, 0.05) is 5.56 Å². The lowest BCUT2D eigenvalue weighted by molar-refractivity contribution is -0.136. The van der Waals surface area contributed by atoms with Crippen LogP contribution in [0.25, 0.3) is 11.5 Å². The summed E-state index contributed by atoms with van der Waals surface area (Å²) in [6, 6.07) is 7.26. The van der Waals surface area contributed by atoms with Crippen LogP contribution in [0.5, 0.6) is 5.75 Å². The maximum atomic E-state index is 10.7. The molecule has 0 radical (unpaired) electrons. The number of carboxylic acid groups (broad SMARTS) is 1. The number of aliphatic carboxylic acids is 1. The summed E-state index contributed by atoms with van der Waals surface area (Å²) in [7, 11) is 1.58. The van der Waals surface area contributed by atoms with E-state index in [1.54, 1.807) is 20.1 Å². The van der Waals surface area contributed by atoms with Crippen LogP contribution in [0.4, 0.5) is 0 Å². The number of oxazole rings is 1. The normalized spacial score (nSPS) is 10.3. The van der Waals surface area contributed by atoms with Crippen molar-refractivity contribution in [2.75, 3.05) is 7.11 Å². The van der Waals surface area contributed by atoms with Crippen molar-refractivity contribution in [1.82, 2.24) is 4.98 Å². The summed E-state index contributed by atoms with van der Waals surface area (Å²) in [5.41, 5.74) is 1.35. The molecule has 18 heavy (non-hydrogen) atoms. The summed E-state index contributed by atoms with van der Waals surface area (Å²) in [4.78, 5) is 14.9. The number of rotatable bonds is 4. The van der Waals surface area contributed by atoms with Crippen LogP contribution in [0.15, 0.2) is 28.7 Å². The minimum Gasteiger partial charge on any atom is -0.497 e. The van der Waals surface area contributed by atoms with Crippen molar-refractivity contribution in [3.05, 3.63) is 35.7 Å². The zero-order chi connectivity index (χ0) is 13.1. The van der Waals surface area contributed by atoms with E-state index in [0.717, 1.165) is 5.56 Å². The quantitative estimate of drug-likeness (QED) is 0.897. The predicted molar refractivity (Wildman–Crippen MR) is 64.6 cm³/mol. The van der Waals surface area contributed by atoms with Crippen molar-refractivity contribution >= 4 is 5.97 Å². The van der Waals surface area contributed by atoms with Gasteiger partial charge in [-0.1, -0.05) is 6.07 Å². The van der Waals surface area contributed by atoms with Gasteiger partial charge in [-0.15, -0.1) is 0 Å². The SMILES string of the molecule is COc1cccc(-c2nc(C)c(CC(=O)O)o2)c1. The van der Waals surface area contributed by atoms with E-state index in [-0.39, 0.29) is 6.42 Å². The largest absolute Gasteiger partial charge is 0.497 e. The van der Waals surface area contributed by atoms with Crippen LogP contribution < -0.4 is 4.74 Å². The summed E-state index contributed by atoms with van der Waals surface area (Å²) in [5.74, 6) is 0.539. The highest BCUT2D eigenvalue weighted by atomic mass is 16.5. The van der Waals surface area contributed by atoms with Gasteiger partial charge in [-0.25, -0.2) is 4.98 Å². The summed E-state index contributed by atoms with van der Waals surface area (Å²) >= 11 is 0. The predicted octanol–water partition coefficient (Wildman–Crippen LogP) is 2.29. The average Bonchev–Trinajstić information content (AvgIpc) is 2.70. The number of aryl methyl sites for hydroxylation is 1. The second-order valence-corrected chi connectivity index (χ2v) is 3.83. The summed E-state index contributed by atoms with van der Waals surface area (Å²) in [6.45, 7) is 1.73. The molecule has 94 valence electrons. The molecule has 0 saturated heterocycles. The first-order chi connectivity index (χ1) is 8.60. The minimum atomic E-state index is -0.938. The van der Waals surface area contributed by atoms with E-state index in [4.69, 9.17) is 14.3 Å². The molecule has 5 nitrogen and oxygen atoms in total. The number of ether oxygens (including phenoxy) is 1. The maximum absolute atomic E-state index is 10.7. The van der Waals surface area contributed by atoms with Crippen molar-refractivity contribution in [3.8, 4) is 17.2 Å². The van der Waals surface area contributed by atoms with Gasteiger partial charge >= 0.3 is 5.97 Å². The molecule has 0 aliphatic rings. The van der Waals surface area contributed by atoms with Gasteiger partial charge in [-0.3, -0.25) is 4.79 Å². The molecule has 0 aliphatic heterocycles. The number of hydrogen-bond acceptors (Lipinski definition) is 4. The first-order valence-corrected chi connectivity index (χ1v) is 5.42. The van der Waals surface area contributed by atoms with Gasteiger partial charge in [0.2, 0.25) is 5.89 Å². The Hall–Kier alpha value is -2.30. The first-order valence-electron chi connectivity index (χ1n) is 5.42. The Labute approximate surface area is 104 Å². The minimum absolute atomic E-state index is 0.164. The van der Waals surface area contributed by atoms with E-state index in [1.165, 1.54) is 0 Å². The molecule has 0 bridgehead atoms. The van der Waals surface area contributed by atoms with E-state index in [1.807, 2.05) is 18.2 Å². The molecular weight excluding hydrogens is 234 g/mol. The van der Waals surface area contributed by atoms with Gasteiger partial charge in [0.05, 0.1) is 12.8 Å². The summed E-state index contributed by atoms with van der Waals surface area (Å²) in [5, 5.41) is 8.75. The smallest absolute Gasteiger partial charge is 0.311 e. The Balaban J connectivity index is 2.35. The number of hydrogen-bond donors (Lipinski definition) is 1. The number of benzene rings is 1. The monoisotopic (exact) mass is 247 g/mol. The average molecular weight is 247 g/mol. The number of carbonyl (C=O) groups is 1. The third-order valence-electron chi connectivity index (χ3n) is 2.52. The van der Waals surface area contributed by atoms with Crippen molar-refractivity contribution < 1.29 is 19.1 Å².